The normalized spacial score (nSPS) is 14.4. The number of benzene rings is 1. The SMILES string of the molecule is CC[C@H](C)[C@H](C)Nc1ccccc1OC. The quantitative estimate of drug-likeness (QED) is 0.797. The monoisotopic (exact) mass is 207 g/mol. The maximum atomic E-state index is 5.30. The lowest BCUT2D eigenvalue weighted by Crippen LogP contribution is -2.23. The zero-order valence-corrected chi connectivity index (χ0v) is 10.1. The predicted octanol–water partition coefficient (Wildman–Crippen LogP) is 3.54. The van der Waals surface area contributed by atoms with Crippen molar-refractivity contribution in [2.24, 2.45) is 5.92 Å². The van der Waals surface area contributed by atoms with E-state index in [4.69, 9.17) is 4.74 Å². The molecule has 0 fully saturated rings. The molecule has 0 aliphatic rings. The standard InChI is InChI=1S/C13H21NO/c1-5-10(2)11(3)14-12-8-6-7-9-13(12)15-4/h6-11,14H,5H2,1-4H3/t10-,11-/m0/s1. The van der Waals surface area contributed by atoms with E-state index in [0.29, 0.717) is 12.0 Å². The van der Waals surface area contributed by atoms with E-state index in [1.807, 2.05) is 18.2 Å². The van der Waals surface area contributed by atoms with Crippen molar-refractivity contribution in [1.29, 1.82) is 0 Å². The first kappa shape index (κ1) is 11.9. The van der Waals surface area contributed by atoms with E-state index >= 15 is 0 Å². The minimum Gasteiger partial charge on any atom is -0.495 e. The Kier molecular flexibility index (Phi) is 4.47. The average molecular weight is 207 g/mol. The van der Waals surface area contributed by atoms with Crippen LogP contribution in [-0.2, 0) is 0 Å². The minimum atomic E-state index is 0.464. The maximum Gasteiger partial charge on any atom is 0.141 e. The third kappa shape index (κ3) is 3.15. The van der Waals surface area contributed by atoms with Crippen molar-refractivity contribution in [2.75, 3.05) is 12.4 Å². The first-order chi connectivity index (χ1) is 7.19. The summed E-state index contributed by atoms with van der Waals surface area (Å²) in [6, 6.07) is 8.50. The van der Waals surface area contributed by atoms with Crippen LogP contribution < -0.4 is 10.1 Å². The second kappa shape index (κ2) is 5.64. The summed E-state index contributed by atoms with van der Waals surface area (Å²) in [6.45, 7) is 6.68. The van der Waals surface area contributed by atoms with E-state index in [-0.39, 0.29) is 0 Å². The lowest BCUT2D eigenvalue weighted by atomic mass is 10.0. The summed E-state index contributed by atoms with van der Waals surface area (Å²) in [6.07, 6.45) is 1.18. The van der Waals surface area contributed by atoms with Crippen molar-refractivity contribution < 1.29 is 4.74 Å². The van der Waals surface area contributed by atoms with Gasteiger partial charge in [-0.15, -0.1) is 0 Å². The van der Waals surface area contributed by atoms with Crippen molar-refractivity contribution >= 4 is 5.69 Å². The molecule has 1 N–H and O–H groups in total. The molecule has 1 rings (SSSR count). The molecule has 1 aromatic carbocycles. The molecule has 2 heteroatoms. The summed E-state index contributed by atoms with van der Waals surface area (Å²) in [7, 11) is 1.70. The van der Waals surface area contributed by atoms with Gasteiger partial charge in [-0.05, 0) is 25.0 Å². The molecule has 2 atom stereocenters. The first-order valence-corrected chi connectivity index (χ1v) is 5.58. The molecule has 2 nitrogen and oxygen atoms in total. The van der Waals surface area contributed by atoms with Crippen LogP contribution in [0.5, 0.6) is 5.75 Å². The van der Waals surface area contributed by atoms with Crippen LogP contribution in [0.25, 0.3) is 0 Å². The molecule has 0 amide bonds. The summed E-state index contributed by atoms with van der Waals surface area (Å²) in [5, 5.41) is 3.49. The van der Waals surface area contributed by atoms with Gasteiger partial charge in [0.05, 0.1) is 12.8 Å². The number of ether oxygens (including phenoxy) is 1. The third-order valence-corrected chi connectivity index (χ3v) is 2.99. The van der Waals surface area contributed by atoms with Crippen LogP contribution in [0.4, 0.5) is 5.69 Å². The van der Waals surface area contributed by atoms with E-state index in [9.17, 15) is 0 Å². The van der Waals surface area contributed by atoms with Crippen molar-refractivity contribution in [3.63, 3.8) is 0 Å². The second-order valence-corrected chi connectivity index (χ2v) is 4.02. The molecule has 0 saturated heterocycles. The Morgan fingerprint density at radius 1 is 1.27 bits per heavy atom. The Hall–Kier alpha value is -1.18. The van der Waals surface area contributed by atoms with E-state index < -0.39 is 0 Å². The number of nitrogens with one attached hydrogen (secondary N) is 1. The molecule has 0 aromatic heterocycles. The molecule has 0 radical (unpaired) electrons. The Labute approximate surface area is 92.6 Å². The van der Waals surface area contributed by atoms with Crippen LogP contribution in [0.3, 0.4) is 0 Å². The van der Waals surface area contributed by atoms with Gasteiger partial charge in [0.15, 0.2) is 0 Å². The number of anilines is 1. The van der Waals surface area contributed by atoms with E-state index in [2.05, 4.69) is 32.2 Å². The van der Waals surface area contributed by atoms with Crippen molar-refractivity contribution in [2.45, 2.75) is 33.2 Å². The molecular weight excluding hydrogens is 186 g/mol. The zero-order valence-electron chi connectivity index (χ0n) is 10.1. The summed E-state index contributed by atoms with van der Waals surface area (Å²) in [5.41, 5.74) is 1.08. The molecular formula is C13H21NO. The van der Waals surface area contributed by atoms with Crippen molar-refractivity contribution in [3.8, 4) is 5.75 Å². The number of hydrogen-bond donors (Lipinski definition) is 1. The molecule has 15 heavy (non-hydrogen) atoms. The van der Waals surface area contributed by atoms with Gasteiger partial charge in [-0.2, -0.15) is 0 Å². The molecule has 0 aliphatic carbocycles. The smallest absolute Gasteiger partial charge is 0.141 e. The fourth-order valence-corrected chi connectivity index (χ4v) is 1.50. The summed E-state index contributed by atoms with van der Waals surface area (Å²) in [5.74, 6) is 1.57. The fourth-order valence-electron chi connectivity index (χ4n) is 1.50. The average Bonchev–Trinajstić information content (AvgIpc) is 2.28. The number of methoxy groups -OCH3 is 1. The maximum absolute atomic E-state index is 5.30. The van der Waals surface area contributed by atoms with Gasteiger partial charge in [-0.3, -0.25) is 0 Å². The largest absolute Gasteiger partial charge is 0.495 e. The van der Waals surface area contributed by atoms with Crippen molar-refractivity contribution in [3.05, 3.63) is 24.3 Å². The predicted molar refractivity (Wildman–Crippen MR) is 65.5 cm³/mol. The second-order valence-electron chi connectivity index (χ2n) is 4.02. The highest BCUT2D eigenvalue weighted by atomic mass is 16.5. The molecule has 0 saturated carbocycles. The Bertz CT molecular complexity index is 298. The van der Waals surface area contributed by atoms with Gasteiger partial charge < -0.3 is 10.1 Å². The molecule has 84 valence electrons. The van der Waals surface area contributed by atoms with Crippen LogP contribution in [0.15, 0.2) is 24.3 Å². The minimum absolute atomic E-state index is 0.464. The highest BCUT2D eigenvalue weighted by molar-refractivity contribution is 5.56. The van der Waals surface area contributed by atoms with Crippen LogP contribution in [0, 0.1) is 5.92 Å². The van der Waals surface area contributed by atoms with Gasteiger partial charge in [0.25, 0.3) is 0 Å². The van der Waals surface area contributed by atoms with Crippen molar-refractivity contribution in [1.82, 2.24) is 0 Å². The third-order valence-electron chi connectivity index (χ3n) is 2.99. The van der Waals surface area contributed by atoms with Gasteiger partial charge in [-0.25, -0.2) is 0 Å². The van der Waals surface area contributed by atoms with Crippen LogP contribution in [0.1, 0.15) is 27.2 Å². The molecule has 0 heterocycles. The van der Waals surface area contributed by atoms with Gasteiger partial charge in [-0.1, -0.05) is 32.4 Å². The number of hydrogen-bond acceptors (Lipinski definition) is 2. The van der Waals surface area contributed by atoms with Gasteiger partial charge in [0, 0.05) is 6.04 Å². The van der Waals surface area contributed by atoms with E-state index in [0.717, 1.165) is 11.4 Å². The fraction of sp³-hybridized carbons (Fsp3) is 0.538. The van der Waals surface area contributed by atoms with Crippen LogP contribution in [-0.4, -0.2) is 13.2 Å². The number of para-hydroxylation sites is 2. The van der Waals surface area contributed by atoms with Gasteiger partial charge in [0.1, 0.15) is 5.75 Å². The van der Waals surface area contributed by atoms with E-state index in [1.165, 1.54) is 6.42 Å². The molecule has 0 spiro atoms. The number of rotatable bonds is 5. The molecule has 1 aromatic rings. The molecule has 0 aliphatic heterocycles. The summed E-state index contributed by atoms with van der Waals surface area (Å²) in [4.78, 5) is 0. The lowest BCUT2D eigenvalue weighted by molar-refractivity contribution is 0.414. The van der Waals surface area contributed by atoms with Gasteiger partial charge in [0.2, 0.25) is 0 Å². The van der Waals surface area contributed by atoms with Crippen LogP contribution >= 0.6 is 0 Å². The summed E-state index contributed by atoms with van der Waals surface area (Å²) >= 11 is 0. The summed E-state index contributed by atoms with van der Waals surface area (Å²) < 4.78 is 5.30. The van der Waals surface area contributed by atoms with E-state index in [1.54, 1.807) is 7.11 Å². The highest BCUT2D eigenvalue weighted by Crippen LogP contribution is 2.25. The highest BCUT2D eigenvalue weighted by Gasteiger charge is 2.11. The van der Waals surface area contributed by atoms with Crippen LogP contribution in [0.2, 0.25) is 0 Å². The van der Waals surface area contributed by atoms with Gasteiger partial charge >= 0.3 is 0 Å². The zero-order chi connectivity index (χ0) is 11.3. The molecule has 0 bridgehead atoms. The first-order valence-electron chi connectivity index (χ1n) is 5.58. The Morgan fingerprint density at radius 3 is 2.53 bits per heavy atom. The Balaban J connectivity index is 2.71. The Morgan fingerprint density at radius 2 is 1.93 bits per heavy atom. The molecule has 0 unspecified atom stereocenters. The lowest BCUT2D eigenvalue weighted by Gasteiger charge is -2.22. The topological polar surface area (TPSA) is 21.3 Å².